The summed E-state index contributed by atoms with van der Waals surface area (Å²) in [6.45, 7) is 4.01. The molecule has 3 N–H and O–H groups in total. The van der Waals surface area contributed by atoms with Crippen molar-refractivity contribution in [3.63, 3.8) is 0 Å². The number of hydrogen-bond donors (Lipinski definition) is 3. The molecule has 0 saturated carbocycles. The van der Waals surface area contributed by atoms with Gasteiger partial charge >= 0.3 is 12.2 Å². The zero-order valence-electron chi connectivity index (χ0n) is 20.1. The van der Waals surface area contributed by atoms with E-state index in [0.717, 1.165) is 22.4 Å². The number of amides is 2. The number of pyridine rings is 1. The van der Waals surface area contributed by atoms with E-state index in [4.69, 9.17) is 4.98 Å². The molecule has 16 heteroatoms. The lowest BCUT2D eigenvalue weighted by Crippen LogP contribution is -2.28. The lowest BCUT2D eigenvalue weighted by Gasteiger charge is -2.09. The van der Waals surface area contributed by atoms with Gasteiger partial charge < -0.3 is 10.3 Å². The minimum atomic E-state index is -4.60. The molecular weight excluding hydrogens is 541 g/mol. The van der Waals surface area contributed by atoms with Crippen LogP contribution in [0.3, 0.4) is 0 Å². The molecule has 0 atom stereocenters. The molecule has 2 amide bonds. The number of halogens is 3. The monoisotopic (exact) mass is 560 g/mol. The highest BCUT2D eigenvalue weighted by atomic mass is 32.1. The molecule has 0 fully saturated rings. The lowest BCUT2D eigenvalue weighted by molar-refractivity contribution is -0.140. The first-order chi connectivity index (χ1) is 18.1. The summed E-state index contributed by atoms with van der Waals surface area (Å²) in [5.41, 5.74) is 1.07. The van der Waals surface area contributed by atoms with Gasteiger partial charge in [0.15, 0.2) is 11.5 Å². The van der Waals surface area contributed by atoms with E-state index in [1.807, 2.05) is 6.92 Å². The molecule has 5 aromatic rings. The van der Waals surface area contributed by atoms with Crippen LogP contribution in [-0.4, -0.2) is 52.3 Å². The Labute approximate surface area is 221 Å². The van der Waals surface area contributed by atoms with Gasteiger partial charge in [-0.1, -0.05) is 0 Å². The SMILES string of the molecule is CCNC(=O)Nc1cc(-c2nc(C(F)(F)F)cs2)c(-c2nc(-c3ncnn3C)c(-c3ncc(C)[nH]3)s2)cn1. The van der Waals surface area contributed by atoms with Crippen molar-refractivity contribution in [2.75, 3.05) is 11.9 Å². The summed E-state index contributed by atoms with van der Waals surface area (Å²) in [7, 11) is 1.72. The number of aromatic amines is 1. The van der Waals surface area contributed by atoms with Gasteiger partial charge in [0.25, 0.3) is 0 Å². The lowest BCUT2D eigenvalue weighted by atomic mass is 10.1. The molecule has 0 aliphatic carbocycles. The van der Waals surface area contributed by atoms with Crippen LogP contribution >= 0.6 is 22.7 Å². The van der Waals surface area contributed by atoms with E-state index in [1.54, 1.807) is 24.9 Å². The van der Waals surface area contributed by atoms with Crippen molar-refractivity contribution in [1.82, 2.24) is 45.0 Å². The van der Waals surface area contributed by atoms with Gasteiger partial charge in [0.2, 0.25) is 0 Å². The highest BCUT2D eigenvalue weighted by molar-refractivity contribution is 7.19. The van der Waals surface area contributed by atoms with Gasteiger partial charge in [-0.15, -0.1) is 22.7 Å². The molecule has 0 radical (unpaired) electrons. The zero-order valence-corrected chi connectivity index (χ0v) is 21.7. The van der Waals surface area contributed by atoms with Crippen LogP contribution in [0.15, 0.2) is 30.2 Å². The fourth-order valence-corrected chi connectivity index (χ4v) is 5.40. The molecule has 0 aliphatic rings. The van der Waals surface area contributed by atoms with Gasteiger partial charge in [0.1, 0.15) is 38.6 Å². The summed E-state index contributed by atoms with van der Waals surface area (Å²) in [6.07, 6.45) is -0.0807. The van der Waals surface area contributed by atoms with E-state index in [2.05, 4.69) is 40.7 Å². The van der Waals surface area contributed by atoms with E-state index < -0.39 is 17.9 Å². The zero-order chi connectivity index (χ0) is 27.0. The van der Waals surface area contributed by atoms with Crippen LogP contribution in [0, 0.1) is 6.92 Å². The van der Waals surface area contributed by atoms with Gasteiger partial charge in [-0.25, -0.2) is 34.4 Å². The summed E-state index contributed by atoms with van der Waals surface area (Å²) >= 11 is 2.10. The average Bonchev–Trinajstić information content (AvgIpc) is 3.65. The summed E-state index contributed by atoms with van der Waals surface area (Å²) in [5, 5.41) is 10.8. The first-order valence-corrected chi connectivity index (χ1v) is 12.8. The Morgan fingerprint density at radius 2 is 1.95 bits per heavy atom. The third-order valence-corrected chi connectivity index (χ3v) is 7.18. The van der Waals surface area contributed by atoms with Gasteiger partial charge in [0, 0.05) is 48.2 Å². The largest absolute Gasteiger partial charge is 0.434 e. The maximum Gasteiger partial charge on any atom is 0.434 e. The van der Waals surface area contributed by atoms with Crippen molar-refractivity contribution in [2.45, 2.75) is 20.0 Å². The maximum absolute atomic E-state index is 13.3. The maximum atomic E-state index is 13.3. The summed E-state index contributed by atoms with van der Waals surface area (Å²) in [6, 6.07) is 0.979. The number of H-pyrrole nitrogens is 1. The summed E-state index contributed by atoms with van der Waals surface area (Å²) < 4.78 is 41.6. The fraction of sp³-hybridized carbons (Fsp3) is 0.227. The van der Waals surface area contributed by atoms with Crippen LogP contribution in [0.2, 0.25) is 0 Å². The number of alkyl halides is 3. The van der Waals surface area contributed by atoms with Crippen molar-refractivity contribution in [2.24, 2.45) is 7.05 Å². The number of nitrogens with zero attached hydrogens (tertiary/aromatic N) is 7. The first kappa shape index (κ1) is 25.5. The Balaban J connectivity index is 1.68. The number of urea groups is 1. The van der Waals surface area contributed by atoms with E-state index >= 15 is 0 Å². The molecule has 5 heterocycles. The number of anilines is 1. The number of nitrogens with one attached hydrogen (secondary N) is 3. The van der Waals surface area contributed by atoms with Gasteiger partial charge in [-0.2, -0.15) is 18.3 Å². The van der Waals surface area contributed by atoms with Crippen LogP contribution in [0.4, 0.5) is 23.8 Å². The quantitative estimate of drug-likeness (QED) is 0.266. The van der Waals surface area contributed by atoms with E-state index in [0.29, 0.717) is 44.9 Å². The molecule has 0 spiro atoms. The molecule has 0 aromatic carbocycles. The van der Waals surface area contributed by atoms with Crippen molar-refractivity contribution in [1.29, 1.82) is 0 Å². The van der Waals surface area contributed by atoms with Crippen LogP contribution in [0.25, 0.3) is 43.4 Å². The highest BCUT2D eigenvalue weighted by Gasteiger charge is 2.34. The Hall–Kier alpha value is -4.18. The summed E-state index contributed by atoms with van der Waals surface area (Å²) in [5.74, 6) is 1.18. The highest BCUT2D eigenvalue weighted by Crippen LogP contribution is 2.43. The number of aromatic nitrogens is 8. The van der Waals surface area contributed by atoms with E-state index in [-0.39, 0.29) is 10.8 Å². The van der Waals surface area contributed by atoms with E-state index in [1.165, 1.54) is 29.9 Å². The molecule has 0 aliphatic heterocycles. The van der Waals surface area contributed by atoms with Crippen molar-refractivity contribution in [3.05, 3.63) is 41.6 Å². The molecule has 0 bridgehead atoms. The van der Waals surface area contributed by atoms with Gasteiger partial charge in [0.05, 0.1) is 0 Å². The van der Waals surface area contributed by atoms with E-state index in [9.17, 15) is 18.0 Å². The molecule has 0 unspecified atom stereocenters. The summed E-state index contributed by atoms with van der Waals surface area (Å²) in [4.78, 5) is 37.5. The Kier molecular flexibility index (Phi) is 6.66. The average molecular weight is 561 g/mol. The normalized spacial score (nSPS) is 11.6. The van der Waals surface area contributed by atoms with Crippen LogP contribution in [0.5, 0.6) is 0 Å². The Morgan fingerprint density at radius 1 is 1.13 bits per heavy atom. The second-order valence-electron chi connectivity index (χ2n) is 7.95. The Bertz CT molecular complexity index is 1620. The van der Waals surface area contributed by atoms with Crippen LogP contribution in [-0.2, 0) is 13.2 Å². The molecule has 11 nitrogen and oxygen atoms in total. The Morgan fingerprint density at radius 3 is 2.58 bits per heavy atom. The second-order valence-corrected chi connectivity index (χ2v) is 9.81. The second kappa shape index (κ2) is 9.94. The number of aryl methyl sites for hydroxylation is 2. The molecule has 5 aromatic heterocycles. The number of carbonyl (C=O) groups is 1. The van der Waals surface area contributed by atoms with Crippen LogP contribution < -0.4 is 10.6 Å². The fourth-order valence-electron chi connectivity index (χ4n) is 3.51. The first-order valence-electron chi connectivity index (χ1n) is 11.1. The predicted molar refractivity (Wildman–Crippen MR) is 136 cm³/mol. The molecule has 0 saturated heterocycles. The van der Waals surface area contributed by atoms with Gasteiger partial charge in [-0.05, 0) is 19.9 Å². The standard InChI is InChI=1S/C22H19F3N10OS2/c1-4-26-21(36)33-14-5-11(19-32-13(8-37-19)22(23,24)25)12(7-27-14)20-34-15(18-29-9-30-35(18)3)16(38-20)17-28-6-10(2)31-17/h5-9H,4H2,1-3H3,(H,28,31)(H2,26,27,33,36). The smallest absolute Gasteiger partial charge is 0.341 e. The van der Waals surface area contributed by atoms with Gasteiger partial charge in [-0.3, -0.25) is 5.32 Å². The topological polar surface area (TPSA) is 139 Å². The molecular formula is C22H19F3N10OS2. The minimum Gasteiger partial charge on any atom is -0.341 e. The van der Waals surface area contributed by atoms with Crippen molar-refractivity contribution < 1.29 is 18.0 Å². The minimum absolute atomic E-state index is 0.0967. The molecule has 5 rings (SSSR count). The number of hydrogen-bond acceptors (Lipinski definition) is 9. The number of carbonyl (C=O) groups excluding carboxylic acids is 1. The number of imidazole rings is 1. The van der Waals surface area contributed by atoms with Crippen LogP contribution in [0.1, 0.15) is 18.3 Å². The third-order valence-electron chi connectivity index (χ3n) is 5.21. The van der Waals surface area contributed by atoms with Crippen molar-refractivity contribution >= 4 is 34.5 Å². The molecule has 38 heavy (non-hydrogen) atoms. The number of rotatable bonds is 6. The number of thiazole rings is 2. The molecule has 196 valence electrons. The third kappa shape index (κ3) is 4.99. The van der Waals surface area contributed by atoms with Crippen molar-refractivity contribution in [3.8, 4) is 43.4 Å². The predicted octanol–water partition coefficient (Wildman–Crippen LogP) is 4.98.